The van der Waals surface area contributed by atoms with E-state index in [1.807, 2.05) is 19.2 Å². The Morgan fingerprint density at radius 2 is 2.00 bits per heavy atom. The van der Waals surface area contributed by atoms with Crippen LogP contribution in [0.2, 0.25) is 0 Å². The molecule has 2 atom stereocenters. The van der Waals surface area contributed by atoms with E-state index in [-0.39, 0.29) is 11.9 Å². The van der Waals surface area contributed by atoms with Crippen molar-refractivity contribution in [3.63, 3.8) is 0 Å². The number of hydrogen-bond acceptors (Lipinski definition) is 5. The summed E-state index contributed by atoms with van der Waals surface area (Å²) in [5, 5.41) is 9.86. The molecule has 1 aromatic heterocycles. The number of aliphatic carboxylic acids is 1. The van der Waals surface area contributed by atoms with Gasteiger partial charge in [-0.15, -0.1) is 0 Å². The summed E-state index contributed by atoms with van der Waals surface area (Å²) in [6.07, 6.45) is 5.07. The third-order valence-electron chi connectivity index (χ3n) is 6.09. The van der Waals surface area contributed by atoms with E-state index in [0.717, 1.165) is 18.5 Å². The normalized spacial score (nSPS) is 25.8. The van der Waals surface area contributed by atoms with E-state index in [9.17, 15) is 14.7 Å². The van der Waals surface area contributed by atoms with Crippen LogP contribution in [0.15, 0.2) is 41.3 Å². The average molecular weight is 369 g/mol. The second kappa shape index (κ2) is 6.81. The van der Waals surface area contributed by atoms with Crippen LogP contribution < -0.4 is 0 Å². The van der Waals surface area contributed by atoms with Crippen LogP contribution in [0, 0.1) is 5.41 Å². The fourth-order valence-corrected chi connectivity index (χ4v) is 4.49. The summed E-state index contributed by atoms with van der Waals surface area (Å²) in [6.45, 7) is 1.79. The number of carbonyl (C=O) groups is 2. The van der Waals surface area contributed by atoms with Gasteiger partial charge in [-0.2, -0.15) is 0 Å². The molecule has 7 heteroatoms. The lowest BCUT2D eigenvalue weighted by atomic mass is 9.68. The maximum Gasteiger partial charge on any atom is 0.311 e. The summed E-state index contributed by atoms with van der Waals surface area (Å²) in [5.41, 5.74) is 0.721. The van der Waals surface area contributed by atoms with Crippen molar-refractivity contribution in [3.8, 4) is 11.3 Å². The molecule has 2 aliphatic heterocycles. The number of likely N-dealkylation sites (N-methyl/N-ethyl adjacent to an activating group) is 1. The lowest BCUT2D eigenvalue weighted by Crippen LogP contribution is -2.63. The Hall–Kier alpha value is -2.67. The number of rotatable bonds is 3. The van der Waals surface area contributed by atoms with Gasteiger partial charge in [-0.1, -0.05) is 12.1 Å². The molecule has 0 saturated carbocycles. The Bertz CT molecular complexity index is 833. The lowest BCUT2D eigenvalue weighted by Gasteiger charge is -2.51. The molecule has 2 fully saturated rings. The van der Waals surface area contributed by atoms with E-state index in [4.69, 9.17) is 4.42 Å². The number of amides is 1. The number of carboxylic acid groups (broad SMARTS) is 1. The fraction of sp³-hybridized carbons (Fsp3) is 0.450. The number of carboxylic acids is 1. The maximum atomic E-state index is 13.0. The lowest BCUT2D eigenvalue weighted by molar-refractivity contribution is -0.161. The van der Waals surface area contributed by atoms with Crippen LogP contribution in [0.4, 0.5) is 0 Å². The molecule has 0 bridgehead atoms. The molecule has 2 aromatic rings. The number of oxazole rings is 1. The van der Waals surface area contributed by atoms with Crippen molar-refractivity contribution < 1.29 is 19.1 Å². The number of aromatic nitrogens is 1. The number of benzene rings is 1. The van der Waals surface area contributed by atoms with E-state index in [2.05, 4.69) is 9.88 Å². The zero-order valence-electron chi connectivity index (χ0n) is 15.3. The zero-order valence-corrected chi connectivity index (χ0v) is 15.3. The predicted molar refractivity (Wildman–Crippen MR) is 98.2 cm³/mol. The zero-order chi connectivity index (χ0) is 19.0. The summed E-state index contributed by atoms with van der Waals surface area (Å²) >= 11 is 0. The summed E-state index contributed by atoms with van der Waals surface area (Å²) in [5.74, 6) is -0.137. The number of likely N-dealkylation sites (tertiary alicyclic amines) is 2. The quantitative estimate of drug-likeness (QED) is 0.894. The first-order chi connectivity index (χ1) is 13.0. The van der Waals surface area contributed by atoms with Crippen LogP contribution in [0.5, 0.6) is 0 Å². The van der Waals surface area contributed by atoms with Gasteiger partial charge in [0.2, 0.25) is 0 Å². The second-order valence-corrected chi connectivity index (χ2v) is 7.51. The smallest absolute Gasteiger partial charge is 0.311 e. The van der Waals surface area contributed by atoms with Gasteiger partial charge in [0, 0.05) is 30.3 Å². The summed E-state index contributed by atoms with van der Waals surface area (Å²) < 4.78 is 5.27. The van der Waals surface area contributed by atoms with Crippen molar-refractivity contribution in [2.24, 2.45) is 5.41 Å². The number of hydrogen-bond donors (Lipinski definition) is 1. The third kappa shape index (κ3) is 3.02. The van der Waals surface area contributed by atoms with Crippen LogP contribution in [0.25, 0.3) is 11.3 Å². The first kappa shape index (κ1) is 17.7. The average Bonchev–Trinajstić information content (AvgIpc) is 3.22. The molecule has 2 aliphatic rings. The van der Waals surface area contributed by atoms with Gasteiger partial charge in [0.05, 0.1) is 11.6 Å². The van der Waals surface area contributed by atoms with E-state index >= 15 is 0 Å². The van der Waals surface area contributed by atoms with E-state index in [0.29, 0.717) is 37.3 Å². The highest BCUT2D eigenvalue weighted by Crippen LogP contribution is 2.42. The fourth-order valence-electron chi connectivity index (χ4n) is 4.49. The monoisotopic (exact) mass is 369 g/mol. The van der Waals surface area contributed by atoms with Gasteiger partial charge in [-0.25, -0.2) is 4.98 Å². The molecule has 0 aliphatic carbocycles. The van der Waals surface area contributed by atoms with E-state index < -0.39 is 11.4 Å². The number of carbonyl (C=O) groups excluding carboxylic acids is 1. The first-order valence-corrected chi connectivity index (χ1v) is 9.23. The van der Waals surface area contributed by atoms with Crippen molar-refractivity contribution in [2.45, 2.75) is 25.3 Å². The minimum Gasteiger partial charge on any atom is -0.481 e. The molecule has 1 aromatic carbocycles. The Kier molecular flexibility index (Phi) is 4.47. The summed E-state index contributed by atoms with van der Waals surface area (Å²) in [4.78, 5) is 32.8. The molecule has 1 amide bonds. The molecule has 0 spiro atoms. The molecule has 0 radical (unpaired) electrons. The topological polar surface area (TPSA) is 86.9 Å². The van der Waals surface area contributed by atoms with Crippen LogP contribution in [0.3, 0.4) is 0 Å². The summed E-state index contributed by atoms with van der Waals surface area (Å²) in [7, 11) is 1.96. The van der Waals surface area contributed by atoms with Crippen molar-refractivity contribution >= 4 is 11.9 Å². The van der Waals surface area contributed by atoms with Crippen LogP contribution in [-0.4, -0.2) is 64.5 Å². The van der Waals surface area contributed by atoms with E-state index in [1.54, 1.807) is 23.2 Å². The summed E-state index contributed by atoms with van der Waals surface area (Å²) in [6, 6.07) is 7.10. The molecule has 3 heterocycles. The molecule has 0 unspecified atom stereocenters. The Labute approximate surface area is 157 Å². The van der Waals surface area contributed by atoms with Gasteiger partial charge in [-0.05, 0) is 45.0 Å². The van der Waals surface area contributed by atoms with Crippen LogP contribution >= 0.6 is 0 Å². The van der Waals surface area contributed by atoms with Gasteiger partial charge in [-0.3, -0.25) is 9.59 Å². The minimum absolute atomic E-state index is 0.0583. The van der Waals surface area contributed by atoms with Gasteiger partial charge in [0.15, 0.2) is 12.2 Å². The number of fused-ring (bicyclic) bond motifs is 1. The number of nitrogens with zero attached hydrogens (tertiary/aromatic N) is 3. The molecule has 142 valence electrons. The maximum absolute atomic E-state index is 13.0. The molecule has 1 N–H and O–H groups in total. The standard InChI is InChI=1S/C20H23N3O4/c1-22-9-2-7-20(19(25)26)8-10-23(12-17(20)22)18(24)15-5-3-14(4-6-15)16-11-21-13-27-16/h3-6,11,13,17H,2,7-10,12H2,1H3,(H,25,26)/t17-,20+/m1/s1. The SMILES string of the molecule is CN1CCC[C@]2(C(=O)O)CCN(C(=O)c3ccc(-c4cnco4)cc3)C[C@@H]12. The van der Waals surface area contributed by atoms with Crippen LogP contribution in [0.1, 0.15) is 29.6 Å². The predicted octanol–water partition coefficient (Wildman–Crippen LogP) is 2.35. The molecule has 2 saturated heterocycles. The molecule has 27 heavy (non-hydrogen) atoms. The Balaban J connectivity index is 1.52. The highest BCUT2D eigenvalue weighted by Gasteiger charge is 2.52. The van der Waals surface area contributed by atoms with Crippen molar-refractivity contribution in [2.75, 3.05) is 26.7 Å². The van der Waals surface area contributed by atoms with E-state index in [1.165, 1.54) is 6.39 Å². The van der Waals surface area contributed by atoms with Gasteiger partial charge < -0.3 is 19.3 Å². The van der Waals surface area contributed by atoms with Crippen molar-refractivity contribution in [3.05, 3.63) is 42.4 Å². The van der Waals surface area contributed by atoms with Gasteiger partial charge in [0.1, 0.15) is 0 Å². The minimum atomic E-state index is -0.736. The molecule has 4 rings (SSSR count). The molecular weight excluding hydrogens is 346 g/mol. The molecular formula is C20H23N3O4. The molecule has 7 nitrogen and oxygen atoms in total. The van der Waals surface area contributed by atoms with Crippen molar-refractivity contribution in [1.82, 2.24) is 14.8 Å². The largest absolute Gasteiger partial charge is 0.481 e. The van der Waals surface area contributed by atoms with Crippen molar-refractivity contribution in [1.29, 1.82) is 0 Å². The number of piperidine rings is 2. The highest BCUT2D eigenvalue weighted by atomic mass is 16.4. The van der Waals surface area contributed by atoms with Gasteiger partial charge in [0.25, 0.3) is 5.91 Å². The van der Waals surface area contributed by atoms with Gasteiger partial charge >= 0.3 is 5.97 Å². The Morgan fingerprint density at radius 1 is 1.22 bits per heavy atom. The third-order valence-corrected chi connectivity index (χ3v) is 6.09. The van der Waals surface area contributed by atoms with Crippen LogP contribution in [-0.2, 0) is 4.79 Å². The Morgan fingerprint density at radius 3 is 2.67 bits per heavy atom. The highest BCUT2D eigenvalue weighted by molar-refractivity contribution is 5.95. The second-order valence-electron chi connectivity index (χ2n) is 7.51. The first-order valence-electron chi connectivity index (χ1n) is 9.23.